The minimum absolute atomic E-state index is 0.197. The Bertz CT molecular complexity index is 291. The summed E-state index contributed by atoms with van der Waals surface area (Å²) in [6.07, 6.45) is 10.3. The number of ether oxygens (including phenoxy) is 2. The molecule has 2 saturated carbocycles. The van der Waals surface area contributed by atoms with Crippen LogP contribution >= 0.6 is 0 Å². The maximum Gasteiger partial charge on any atom is 0.168 e. The Morgan fingerprint density at radius 1 is 0.947 bits per heavy atom. The van der Waals surface area contributed by atoms with Crippen molar-refractivity contribution in [1.82, 2.24) is 4.90 Å². The normalized spacial score (nSPS) is 36.2. The lowest BCUT2D eigenvalue weighted by Gasteiger charge is -2.43. The number of hydrogen-bond donors (Lipinski definition) is 0. The van der Waals surface area contributed by atoms with E-state index in [2.05, 4.69) is 18.9 Å². The molecule has 1 saturated heterocycles. The van der Waals surface area contributed by atoms with Gasteiger partial charge in [-0.25, -0.2) is 0 Å². The smallest absolute Gasteiger partial charge is 0.168 e. The molecule has 3 fully saturated rings. The van der Waals surface area contributed by atoms with Gasteiger partial charge in [0.25, 0.3) is 0 Å². The quantitative estimate of drug-likeness (QED) is 0.767. The van der Waals surface area contributed by atoms with E-state index in [9.17, 15) is 0 Å². The Labute approximate surface area is 117 Å². The first-order valence-corrected chi connectivity index (χ1v) is 8.18. The van der Waals surface area contributed by atoms with Crippen LogP contribution in [0.25, 0.3) is 0 Å². The maximum absolute atomic E-state index is 5.83. The molecule has 2 unspecified atom stereocenters. The summed E-state index contributed by atoms with van der Waals surface area (Å²) in [4.78, 5) is 2.68. The average molecular weight is 267 g/mol. The van der Waals surface area contributed by atoms with Crippen LogP contribution in [0.3, 0.4) is 0 Å². The zero-order valence-corrected chi connectivity index (χ0v) is 12.6. The van der Waals surface area contributed by atoms with E-state index in [-0.39, 0.29) is 5.79 Å². The van der Waals surface area contributed by atoms with Crippen molar-refractivity contribution < 1.29 is 9.47 Å². The summed E-state index contributed by atoms with van der Waals surface area (Å²) in [6.45, 7) is 4.00. The molecule has 3 nitrogen and oxygen atoms in total. The number of hydrogen-bond acceptors (Lipinski definition) is 3. The molecule has 0 aromatic carbocycles. The van der Waals surface area contributed by atoms with Crippen LogP contribution in [0.15, 0.2) is 0 Å². The van der Waals surface area contributed by atoms with E-state index < -0.39 is 0 Å². The largest absolute Gasteiger partial charge is 0.348 e. The molecule has 0 radical (unpaired) electrons. The van der Waals surface area contributed by atoms with E-state index in [1.165, 1.54) is 38.5 Å². The lowest BCUT2D eigenvalue weighted by Crippen LogP contribution is -2.47. The topological polar surface area (TPSA) is 21.7 Å². The van der Waals surface area contributed by atoms with Crippen LogP contribution in [0, 0.1) is 5.92 Å². The first-order chi connectivity index (χ1) is 9.19. The van der Waals surface area contributed by atoms with Crippen molar-refractivity contribution in [2.75, 3.05) is 20.3 Å². The molecule has 0 amide bonds. The highest BCUT2D eigenvalue weighted by Gasteiger charge is 2.42. The van der Waals surface area contributed by atoms with E-state index in [0.29, 0.717) is 0 Å². The average Bonchev–Trinajstić information content (AvgIpc) is 2.87. The van der Waals surface area contributed by atoms with Gasteiger partial charge in [-0.1, -0.05) is 19.8 Å². The molecule has 1 heterocycles. The molecule has 1 aliphatic heterocycles. The molecular weight excluding hydrogens is 238 g/mol. The summed E-state index contributed by atoms with van der Waals surface area (Å²) in [7, 11) is 2.35. The third kappa shape index (κ3) is 2.98. The number of rotatable bonds is 2. The minimum Gasteiger partial charge on any atom is -0.348 e. The van der Waals surface area contributed by atoms with Gasteiger partial charge in [0.2, 0.25) is 0 Å². The second-order valence-corrected chi connectivity index (χ2v) is 6.93. The van der Waals surface area contributed by atoms with E-state index in [1.54, 1.807) is 0 Å². The lowest BCUT2D eigenvalue weighted by molar-refractivity contribution is -0.184. The van der Waals surface area contributed by atoms with Crippen molar-refractivity contribution in [3.8, 4) is 0 Å². The fourth-order valence-electron chi connectivity index (χ4n) is 4.31. The minimum atomic E-state index is -0.197. The Hall–Kier alpha value is -0.120. The second-order valence-electron chi connectivity index (χ2n) is 6.93. The van der Waals surface area contributed by atoms with Crippen molar-refractivity contribution >= 4 is 0 Å². The van der Waals surface area contributed by atoms with Crippen LogP contribution in [0.5, 0.6) is 0 Å². The zero-order chi connectivity index (χ0) is 13.3. The maximum atomic E-state index is 5.83. The van der Waals surface area contributed by atoms with Crippen molar-refractivity contribution in [2.45, 2.75) is 76.2 Å². The van der Waals surface area contributed by atoms with Crippen molar-refractivity contribution in [3.63, 3.8) is 0 Å². The van der Waals surface area contributed by atoms with Gasteiger partial charge < -0.3 is 14.4 Å². The van der Waals surface area contributed by atoms with Gasteiger partial charge in [-0.3, -0.25) is 0 Å². The van der Waals surface area contributed by atoms with Gasteiger partial charge in [-0.15, -0.1) is 0 Å². The molecule has 0 N–H and O–H groups in total. The summed E-state index contributed by atoms with van der Waals surface area (Å²) >= 11 is 0. The van der Waals surface area contributed by atoms with E-state index >= 15 is 0 Å². The monoisotopic (exact) mass is 267 g/mol. The second kappa shape index (κ2) is 5.71. The Balaban J connectivity index is 1.52. The lowest BCUT2D eigenvalue weighted by atomic mass is 9.83. The summed E-state index contributed by atoms with van der Waals surface area (Å²) in [5, 5.41) is 0. The fraction of sp³-hybridized carbons (Fsp3) is 1.00. The predicted octanol–water partition coefficient (Wildman–Crippen LogP) is 3.18. The van der Waals surface area contributed by atoms with Crippen molar-refractivity contribution in [1.29, 1.82) is 0 Å². The van der Waals surface area contributed by atoms with Crippen LogP contribution in [-0.4, -0.2) is 43.0 Å². The van der Waals surface area contributed by atoms with Crippen LogP contribution in [0.4, 0.5) is 0 Å². The van der Waals surface area contributed by atoms with Crippen LogP contribution < -0.4 is 0 Å². The zero-order valence-electron chi connectivity index (χ0n) is 12.6. The molecule has 0 aromatic rings. The van der Waals surface area contributed by atoms with Gasteiger partial charge in [0.1, 0.15) is 0 Å². The highest BCUT2D eigenvalue weighted by atomic mass is 16.7. The van der Waals surface area contributed by atoms with Gasteiger partial charge in [0.05, 0.1) is 13.2 Å². The fourth-order valence-corrected chi connectivity index (χ4v) is 4.31. The molecule has 19 heavy (non-hydrogen) atoms. The van der Waals surface area contributed by atoms with Gasteiger partial charge in [-0.05, 0) is 38.6 Å². The SMILES string of the molecule is CC1CCCC(N(C)C2CCC3(CC2)OCCO3)C1. The highest BCUT2D eigenvalue weighted by molar-refractivity contribution is 4.89. The molecule has 3 rings (SSSR count). The predicted molar refractivity (Wildman–Crippen MR) is 76.1 cm³/mol. The molecule has 110 valence electrons. The van der Waals surface area contributed by atoms with Crippen molar-refractivity contribution in [3.05, 3.63) is 0 Å². The molecule has 3 aliphatic rings. The molecule has 3 heteroatoms. The Morgan fingerprint density at radius 3 is 2.26 bits per heavy atom. The molecule has 2 atom stereocenters. The summed E-state index contributed by atoms with van der Waals surface area (Å²) < 4.78 is 11.7. The molecule has 2 aliphatic carbocycles. The van der Waals surface area contributed by atoms with Gasteiger partial charge >= 0.3 is 0 Å². The van der Waals surface area contributed by atoms with Gasteiger partial charge in [0.15, 0.2) is 5.79 Å². The third-order valence-corrected chi connectivity index (χ3v) is 5.59. The van der Waals surface area contributed by atoms with Gasteiger partial charge in [-0.2, -0.15) is 0 Å². The first-order valence-electron chi connectivity index (χ1n) is 8.18. The van der Waals surface area contributed by atoms with Gasteiger partial charge in [0, 0.05) is 24.9 Å². The summed E-state index contributed by atoms with van der Waals surface area (Å²) in [5.74, 6) is 0.717. The molecule has 0 aromatic heterocycles. The van der Waals surface area contributed by atoms with Crippen LogP contribution in [0.1, 0.15) is 58.3 Å². The summed E-state index contributed by atoms with van der Waals surface area (Å²) in [5.41, 5.74) is 0. The first kappa shape index (κ1) is 13.8. The summed E-state index contributed by atoms with van der Waals surface area (Å²) in [6, 6.07) is 1.56. The van der Waals surface area contributed by atoms with E-state index in [0.717, 1.165) is 44.1 Å². The van der Waals surface area contributed by atoms with E-state index in [1.807, 2.05) is 0 Å². The van der Waals surface area contributed by atoms with Crippen LogP contribution in [0.2, 0.25) is 0 Å². The van der Waals surface area contributed by atoms with E-state index in [4.69, 9.17) is 9.47 Å². The molecular formula is C16H29NO2. The van der Waals surface area contributed by atoms with Crippen LogP contribution in [-0.2, 0) is 9.47 Å². The third-order valence-electron chi connectivity index (χ3n) is 5.59. The number of nitrogens with zero attached hydrogens (tertiary/aromatic N) is 1. The van der Waals surface area contributed by atoms with Crippen molar-refractivity contribution in [2.24, 2.45) is 5.92 Å². The Morgan fingerprint density at radius 2 is 1.63 bits per heavy atom. The highest BCUT2D eigenvalue weighted by Crippen LogP contribution is 2.38. The molecule has 0 bridgehead atoms. The Kier molecular flexibility index (Phi) is 4.16. The molecule has 1 spiro atoms. The standard InChI is InChI=1S/C16H29NO2/c1-13-4-3-5-15(12-13)17(2)14-6-8-16(9-7-14)18-10-11-19-16/h13-15H,3-12H2,1-2H3.